The van der Waals surface area contributed by atoms with E-state index in [4.69, 9.17) is 0 Å². The summed E-state index contributed by atoms with van der Waals surface area (Å²) in [7, 11) is 0. The number of aromatic nitrogens is 1. The standard InChI is InChI=1S/C14H19NO/c1-3-4-5-9-15-11(2)10-12-13(15)7-6-8-14(12)16/h3-4,10H,5-9H2,1-2H3/b4-3+. The Kier molecular flexibility index (Phi) is 3.28. The van der Waals surface area contributed by atoms with Crippen LogP contribution in [0.1, 0.15) is 47.9 Å². The summed E-state index contributed by atoms with van der Waals surface area (Å²) in [4.78, 5) is 11.8. The summed E-state index contributed by atoms with van der Waals surface area (Å²) in [6.07, 6.45) is 8.11. The summed E-state index contributed by atoms with van der Waals surface area (Å²) in [5.41, 5.74) is 3.47. The molecule has 16 heavy (non-hydrogen) atoms. The molecule has 0 bridgehead atoms. The van der Waals surface area contributed by atoms with Crippen LogP contribution in [-0.4, -0.2) is 10.4 Å². The zero-order valence-corrected chi connectivity index (χ0v) is 10.1. The lowest BCUT2D eigenvalue weighted by Crippen LogP contribution is -2.13. The van der Waals surface area contributed by atoms with Crippen LogP contribution < -0.4 is 0 Å². The fraction of sp³-hybridized carbons (Fsp3) is 0.500. The molecule has 0 saturated heterocycles. The van der Waals surface area contributed by atoms with Gasteiger partial charge in [-0.2, -0.15) is 0 Å². The van der Waals surface area contributed by atoms with Crippen molar-refractivity contribution in [2.24, 2.45) is 0 Å². The molecule has 0 saturated carbocycles. The summed E-state index contributed by atoms with van der Waals surface area (Å²) < 4.78 is 2.31. The van der Waals surface area contributed by atoms with Crippen molar-refractivity contribution >= 4 is 5.78 Å². The van der Waals surface area contributed by atoms with E-state index in [1.807, 2.05) is 6.92 Å². The summed E-state index contributed by atoms with van der Waals surface area (Å²) in [5.74, 6) is 0.328. The van der Waals surface area contributed by atoms with Gasteiger partial charge in [-0.15, -0.1) is 0 Å². The lowest BCUT2D eigenvalue weighted by molar-refractivity contribution is 0.0972. The number of aryl methyl sites for hydroxylation is 1. The Balaban J connectivity index is 2.27. The molecule has 2 rings (SSSR count). The number of hydrogen-bond donors (Lipinski definition) is 0. The molecule has 0 fully saturated rings. The van der Waals surface area contributed by atoms with E-state index in [1.165, 1.54) is 11.4 Å². The highest BCUT2D eigenvalue weighted by atomic mass is 16.1. The molecule has 0 unspecified atom stereocenters. The van der Waals surface area contributed by atoms with Crippen LogP contribution in [0, 0.1) is 6.92 Å². The first-order valence-electron chi connectivity index (χ1n) is 6.07. The Morgan fingerprint density at radius 2 is 2.25 bits per heavy atom. The van der Waals surface area contributed by atoms with E-state index in [2.05, 4.69) is 29.7 Å². The van der Waals surface area contributed by atoms with Crippen LogP contribution in [0.3, 0.4) is 0 Å². The number of ketones is 1. The molecule has 2 heteroatoms. The maximum atomic E-state index is 11.8. The van der Waals surface area contributed by atoms with Gasteiger partial charge in [0.25, 0.3) is 0 Å². The van der Waals surface area contributed by atoms with Crippen molar-refractivity contribution in [1.29, 1.82) is 0 Å². The number of carbonyl (C=O) groups is 1. The van der Waals surface area contributed by atoms with Crippen molar-refractivity contribution in [3.63, 3.8) is 0 Å². The van der Waals surface area contributed by atoms with E-state index in [0.29, 0.717) is 5.78 Å². The van der Waals surface area contributed by atoms with Crippen LogP contribution in [0.4, 0.5) is 0 Å². The zero-order chi connectivity index (χ0) is 11.5. The van der Waals surface area contributed by atoms with Gasteiger partial charge in [0.2, 0.25) is 0 Å². The minimum Gasteiger partial charge on any atom is -0.348 e. The second-order valence-corrected chi connectivity index (χ2v) is 4.43. The van der Waals surface area contributed by atoms with Crippen LogP contribution in [-0.2, 0) is 13.0 Å². The van der Waals surface area contributed by atoms with Crippen LogP contribution in [0.25, 0.3) is 0 Å². The Hall–Kier alpha value is -1.31. The highest BCUT2D eigenvalue weighted by Gasteiger charge is 2.21. The van der Waals surface area contributed by atoms with Gasteiger partial charge in [0.15, 0.2) is 5.78 Å². The lowest BCUT2D eigenvalue weighted by Gasteiger charge is -2.15. The van der Waals surface area contributed by atoms with E-state index in [9.17, 15) is 4.79 Å². The minimum absolute atomic E-state index is 0.328. The maximum absolute atomic E-state index is 11.8. The number of hydrogen-bond acceptors (Lipinski definition) is 1. The lowest BCUT2D eigenvalue weighted by atomic mass is 9.96. The summed E-state index contributed by atoms with van der Waals surface area (Å²) >= 11 is 0. The largest absolute Gasteiger partial charge is 0.348 e. The molecule has 1 aliphatic rings. The molecule has 0 radical (unpaired) electrons. The molecule has 0 aromatic carbocycles. The number of allylic oxidation sites excluding steroid dienone is 2. The molecule has 1 aromatic rings. The van der Waals surface area contributed by atoms with Gasteiger partial charge in [0.1, 0.15) is 0 Å². The van der Waals surface area contributed by atoms with E-state index in [0.717, 1.165) is 37.8 Å². The Morgan fingerprint density at radius 3 is 3.00 bits per heavy atom. The zero-order valence-electron chi connectivity index (χ0n) is 10.1. The minimum atomic E-state index is 0.328. The molecule has 0 atom stereocenters. The van der Waals surface area contributed by atoms with Gasteiger partial charge in [-0.3, -0.25) is 4.79 Å². The van der Waals surface area contributed by atoms with Gasteiger partial charge in [-0.05, 0) is 39.2 Å². The quantitative estimate of drug-likeness (QED) is 0.712. The third kappa shape index (κ3) is 1.97. The molecule has 0 aliphatic heterocycles. The topological polar surface area (TPSA) is 22.0 Å². The molecule has 2 nitrogen and oxygen atoms in total. The maximum Gasteiger partial charge on any atom is 0.164 e. The molecule has 1 aromatic heterocycles. The van der Waals surface area contributed by atoms with E-state index in [1.54, 1.807) is 0 Å². The van der Waals surface area contributed by atoms with Crippen molar-refractivity contribution in [1.82, 2.24) is 4.57 Å². The highest BCUT2D eigenvalue weighted by molar-refractivity contribution is 5.98. The van der Waals surface area contributed by atoms with E-state index < -0.39 is 0 Å². The first-order valence-corrected chi connectivity index (χ1v) is 6.07. The third-order valence-electron chi connectivity index (χ3n) is 3.29. The highest BCUT2D eigenvalue weighted by Crippen LogP contribution is 2.25. The van der Waals surface area contributed by atoms with Crippen LogP contribution in [0.2, 0.25) is 0 Å². The molecule has 0 amide bonds. The van der Waals surface area contributed by atoms with Gasteiger partial charge in [0, 0.05) is 29.9 Å². The van der Waals surface area contributed by atoms with Crippen LogP contribution in [0.15, 0.2) is 18.2 Å². The average Bonchev–Trinajstić information content (AvgIpc) is 2.58. The normalized spacial score (nSPS) is 15.8. The number of nitrogens with zero attached hydrogens (tertiary/aromatic N) is 1. The SMILES string of the molecule is C/C=C/CCn1c(C)cc2c1CCCC2=O. The molecule has 0 N–H and O–H groups in total. The summed E-state index contributed by atoms with van der Waals surface area (Å²) in [6, 6.07) is 2.06. The number of rotatable bonds is 3. The van der Waals surface area contributed by atoms with Gasteiger partial charge >= 0.3 is 0 Å². The van der Waals surface area contributed by atoms with Crippen molar-refractivity contribution in [3.05, 3.63) is 35.2 Å². The number of Topliss-reactive ketones (excluding diaryl/α,β-unsaturated/α-hetero) is 1. The first kappa shape index (κ1) is 11.2. The number of fused-ring (bicyclic) bond motifs is 1. The fourth-order valence-electron chi connectivity index (χ4n) is 2.47. The van der Waals surface area contributed by atoms with E-state index >= 15 is 0 Å². The smallest absolute Gasteiger partial charge is 0.164 e. The Labute approximate surface area is 97.0 Å². The Bertz CT molecular complexity index is 426. The molecule has 1 aliphatic carbocycles. The monoisotopic (exact) mass is 217 g/mol. The predicted molar refractivity (Wildman–Crippen MR) is 65.9 cm³/mol. The van der Waals surface area contributed by atoms with Crippen LogP contribution in [0.5, 0.6) is 0 Å². The Morgan fingerprint density at radius 1 is 1.44 bits per heavy atom. The fourth-order valence-corrected chi connectivity index (χ4v) is 2.47. The molecular formula is C14H19NO. The first-order chi connectivity index (χ1) is 7.74. The second kappa shape index (κ2) is 4.69. The molecule has 1 heterocycles. The van der Waals surface area contributed by atoms with Crippen molar-refractivity contribution in [2.75, 3.05) is 0 Å². The van der Waals surface area contributed by atoms with E-state index in [-0.39, 0.29) is 0 Å². The van der Waals surface area contributed by atoms with Crippen molar-refractivity contribution < 1.29 is 4.79 Å². The van der Waals surface area contributed by atoms with Crippen molar-refractivity contribution in [3.8, 4) is 0 Å². The van der Waals surface area contributed by atoms with Gasteiger partial charge in [-0.1, -0.05) is 12.2 Å². The third-order valence-corrected chi connectivity index (χ3v) is 3.29. The number of carbonyl (C=O) groups excluding carboxylic acids is 1. The van der Waals surface area contributed by atoms with Gasteiger partial charge in [0.05, 0.1) is 0 Å². The summed E-state index contributed by atoms with van der Waals surface area (Å²) in [6.45, 7) is 5.14. The molecular weight excluding hydrogens is 198 g/mol. The van der Waals surface area contributed by atoms with Gasteiger partial charge < -0.3 is 4.57 Å². The molecule has 86 valence electrons. The van der Waals surface area contributed by atoms with Gasteiger partial charge in [-0.25, -0.2) is 0 Å². The predicted octanol–water partition coefficient (Wildman–Crippen LogP) is 3.28. The second-order valence-electron chi connectivity index (χ2n) is 4.43. The van der Waals surface area contributed by atoms with Crippen molar-refractivity contribution in [2.45, 2.75) is 46.1 Å². The molecule has 0 spiro atoms. The van der Waals surface area contributed by atoms with Crippen LogP contribution >= 0.6 is 0 Å². The summed E-state index contributed by atoms with van der Waals surface area (Å²) in [5, 5.41) is 0. The average molecular weight is 217 g/mol.